The molecule has 2 nitrogen and oxygen atoms in total. The summed E-state index contributed by atoms with van der Waals surface area (Å²) in [5.74, 6) is 0.635. The van der Waals surface area contributed by atoms with Crippen LogP contribution in [0.1, 0.15) is 24.5 Å². The molecule has 0 atom stereocenters. The fourth-order valence-electron chi connectivity index (χ4n) is 0.867. The molecule has 0 aliphatic heterocycles. The van der Waals surface area contributed by atoms with Gasteiger partial charge in [0.2, 0.25) is 0 Å². The normalized spacial score (nSPS) is 10.6. The quantitative estimate of drug-likeness (QED) is 0.758. The molecule has 12 heavy (non-hydrogen) atoms. The van der Waals surface area contributed by atoms with E-state index in [1.165, 1.54) is 0 Å². The van der Waals surface area contributed by atoms with Gasteiger partial charge in [-0.25, -0.2) is 4.98 Å². The van der Waals surface area contributed by atoms with Gasteiger partial charge < -0.3 is 5.73 Å². The van der Waals surface area contributed by atoms with Gasteiger partial charge in [-0.3, -0.25) is 0 Å². The largest absolute Gasteiger partial charge is 0.388 e. The highest BCUT2D eigenvalue weighted by Gasteiger charge is 2.05. The zero-order valence-electron chi connectivity index (χ0n) is 7.20. The standard InChI is InChI=1S/C8H12N2S2/c1-5(2)3-7-10-6(4-12-7)8(9)11/h4-5H,3H2,1-2H3,(H2,9,11). The Morgan fingerprint density at radius 1 is 1.75 bits per heavy atom. The van der Waals surface area contributed by atoms with Crippen molar-refractivity contribution in [2.45, 2.75) is 20.3 Å². The summed E-state index contributed by atoms with van der Waals surface area (Å²) in [5.41, 5.74) is 6.19. The number of thiocarbonyl (C=S) groups is 1. The van der Waals surface area contributed by atoms with Gasteiger partial charge in [0.1, 0.15) is 10.7 Å². The van der Waals surface area contributed by atoms with E-state index in [-0.39, 0.29) is 0 Å². The lowest BCUT2D eigenvalue weighted by Gasteiger charge is -1.98. The van der Waals surface area contributed by atoms with Crippen molar-refractivity contribution in [3.63, 3.8) is 0 Å². The molecule has 0 aliphatic carbocycles. The molecule has 0 radical (unpaired) electrons. The third-order valence-electron chi connectivity index (χ3n) is 1.39. The highest BCUT2D eigenvalue weighted by Crippen LogP contribution is 2.13. The molecule has 0 spiro atoms. The molecule has 0 unspecified atom stereocenters. The SMILES string of the molecule is CC(C)Cc1nc(C(N)=S)cs1. The summed E-state index contributed by atoms with van der Waals surface area (Å²) in [4.78, 5) is 4.69. The average Bonchev–Trinajstić information content (AvgIpc) is 2.34. The van der Waals surface area contributed by atoms with Crippen LogP contribution in [0.5, 0.6) is 0 Å². The van der Waals surface area contributed by atoms with E-state index in [0.717, 1.165) is 17.1 Å². The molecule has 2 N–H and O–H groups in total. The smallest absolute Gasteiger partial charge is 0.123 e. The molecule has 0 aliphatic rings. The lowest BCUT2D eigenvalue weighted by atomic mass is 10.1. The van der Waals surface area contributed by atoms with Crippen LogP contribution in [0.2, 0.25) is 0 Å². The van der Waals surface area contributed by atoms with Crippen molar-refractivity contribution in [3.05, 3.63) is 16.1 Å². The molecule has 0 saturated carbocycles. The first kappa shape index (κ1) is 9.61. The minimum Gasteiger partial charge on any atom is -0.388 e. The van der Waals surface area contributed by atoms with E-state index >= 15 is 0 Å². The minimum absolute atomic E-state index is 0.390. The molecule has 0 saturated heterocycles. The van der Waals surface area contributed by atoms with Crippen LogP contribution in [0.15, 0.2) is 5.38 Å². The molecule has 0 bridgehead atoms. The molecule has 0 amide bonds. The second-order valence-electron chi connectivity index (χ2n) is 3.09. The molecule has 0 fully saturated rings. The van der Waals surface area contributed by atoms with Crippen LogP contribution in [0, 0.1) is 5.92 Å². The Hall–Kier alpha value is -0.480. The average molecular weight is 200 g/mol. The van der Waals surface area contributed by atoms with E-state index in [2.05, 4.69) is 18.8 Å². The van der Waals surface area contributed by atoms with E-state index in [4.69, 9.17) is 18.0 Å². The summed E-state index contributed by atoms with van der Waals surface area (Å²) < 4.78 is 0. The van der Waals surface area contributed by atoms with Crippen molar-refractivity contribution in [1.29, 1.82) is 0 Å². The van der Waals surface area contributed by atoms with Gasteiger partial charge in [0.25, 0.3) is 0 Å². The lowest BCUT2D eigenvalue weighted by Crippen LogP contribution is -2.09. The molecule has 1 rings (SSSR count). The summed E-state index contributed by atoms with van der Waals surface area (Å²) in [6.45, 7) is 4.34. The third kappa shape index (κ3) is 2.53. The van der Waals surface area contributed by atoms with Crippen LogP contribution in [-0.4, -0.2) is 9.97 Å². The van der Waals surface area contributed by atoms with Crippen molar-refractivity contribution >= 4 is 28.5 Å². The topological polar surface area (TPSA) is 38.9 Å². The van der Waals surface area contributed by atoms with Gasteiger partial charge in [0, 0.05) is 11.8 Å². The number of aromatic nitrogens is 1. The first-order chi connectivity index (χ1) is 5.59. The lowest BCUT2D eigenvalue weighted by molar-refractivity contribution is 0.644. The van der Waals surface area contributed by atoms with Crippen molar-refractivity contribution in [2.75, 3.05) is 0 Å². The van der Waals surface area contributed by atoms with Crippen molar-refractivity contribution in [2.24, 2.45) is 11.7 Å². The zero-order chi connectivity index (χ0) is 9.14. The maximum Gasteiger partial charge on any atom is 0.123 e. The van der Waals surface area contributed by atoms with Gasteiger partial charge in [0.05, 0.1) is 5.01 Å². The third-order valence-corrected chi connectivity index (χ3v) is 2.47. The Labute approximate surface area is 81.8 Å². The van der Waals surface area contributed by atoms with Gasteiger partial charge in [-0.05, 0) is 5.92 Å². The van der Waals surface area contributed by atoms with Crippen molar-refractivity contribution < 1.29 is 0 Å². The monoisotopic (exact) mass is 200 g/mol. The predicted molar refractivity (Wildman–Crippen MR) is 56.5 cm³/mol. The van der Waals surface area contributed by atoms with Crippen molar-refractivity contribution in [3.8, 4) is 0 Å². The maximum atomic E-state index is 5.43. The van der Waals surface area contributed by atoms with Gasteiger partial charge in [0.15, 0.2) is 0 Å². The fourth-order valence-corrected chi connectivity index (χ4v) is 2.05. The molecule has 4 heteroatoms. The minimum atomic E-state index is 0.390. The number of hydrogen-bond acceptors (Lipinski definition) is 3. The summed E-state index contributed by atoms with van der Waals surface area (Å²) >= 11 is 6.44. The summed E-state index contributed by atoms with van der Waals surface area (Å²) in [5, 5.41) is 3.04. The van der Waals surface area contributed by atoms with Gasteiger partial charge in [-0.15, -0.1) is 11.3 Å². The van der Waals surface area contributed by atoms with Crippen LogP contribution in [0.4, 0.5) is 0 Å². The van der Waals surface area contributed by atoms with E-state index in [0.29, 0.717) is 10.9 Å². The fraction of sp³-hybridized carbons (Fsp3) is 0.500. The van der Waals surface area contributed by atoms with Gasteiger partial charge >= 0.3 is 0 Å². The predicted octanol–water partition coefficient (Wildman–Crippen LogP) is 1.98. The maximum absolute atomic E-state index is 5.43. The highest BCUT2D eigenvalue weighted by atomic mass is 32.1. The van der Waals surface area contributed by atoms with E-state index in [9.17, 15) is 0 Å². The molecule has 1 heterocycles. The Morgan fingerprint density at radius 3 is 2.83 bits per heavy atom. The van der Waals surface area contributed by atoms with Gasteiger partial charge in [-0.2, -0.15) is 0 Å². The van der Waals surface area contributed by atoms with Gasteiger partial charge in [-0.1, -0.05) is 26.1 Å². The van der Waals surface area contributed by atoms with Crippen LogP contribution in [-0.2, 0) is 6.42 Å². The number of thiazole rings is 1. The molecular weight excluding hydrogens is 188 g/mol. The second-order valence-corrected chi connectivity index (χ2v) is 4.47. The van der Waals surface area contributed by atoms with Crippen LogP contribution >= 0.6 is 23.6 Å². The highest BCUT2D eigenvalue weighted by molar-refractivity contribution is 7.80. The molecule has 1 aromatic heterocycles. The van der Waals surface area contributed by atoms with E-state index < -0.39 is 0 Å². The first-order valence-corrected chi connectivity index (χ1v) is 5.12. The Kier molecular flexibility index (Phi) is 3.17. The first-order valence-electron chi connectivity index (χ1n) is 3.84. The number of nitrogens with two attached hydrogens (primary N) is 1. The Bertz CT molecular complexity index is 278. The zero-order valence-corrected chi connectivity index (χ0v) is 8.84. The molecule has 66 valence electrons. The summed E-state index contributed by atoms with van der Waals surface area (Å²) in [6, 6.07) is 0. The van der Waals surface area contributed by atoms with Crippen LogP contribution < -0.4 is 5.73 Å². The van der Waals surface area contributed by atoms with Crippen molar-refractivity contribution in [1.82, 2.24) is 4.98 Å². The molecule has 1 aromatic rings. The molecular formula is C8H12N2S2. The Balaban J connectivity index is 2.71. The Morgan fingerprint density at radius 2 is 2.42 bits per heavy atom. The molecule has 0 aromatic carbocycles. The number of rotatable bonds is 3. The summed E-state index contributed by atoms with van der Waals surface area (Å²) in [6.07, 6.45) is 1.01. The van der Waals surface area contributed by atoms with Crippen LogP contribution in [0.3, 0.4) is 0 Å². The second kappa shape index (κ2) is 3.96. The van der Waals surface area contributed by atoms with E-state index in [1.807, 2.05) is 5.38 Å². The summed E-state index contributed by atoms with van der Waals surface area (Å²) in [7, 11) is 0. The van der Waals surface area contributed by atoms with Crippen LogP contribution in [0.25, 0.3) is 0 Å². The number of hydrogen-bond donors (Lipinski definition) is 1. The number of nitrogens with zero attached hydrogens (tertiary/aromatic N) is 1. The van der Waals surface area contributed by atoms with E-state index in [1.54, 1.807) is 11.3 Å².